The van der Waals surface area contributed by atoms with Gasteiger partial charge in [0.05, 0.1) is 12.0 Å². The van der Waals surface area contributed by atoms with Gasteiger partial charge in [-0.1, -0.05) is 6.42 Å². The van der Waals surface area contributed by atoms with Crippen molar-refractivity contribution >= 4 is 5.91 Å². The number of hydrogen-bond donors (Lipinski definition) is 1. The Labute approximate surface area is 91.8 Å². The van der Waals surface area contributed by atoms with Crippen LogP contribution in [0.25, 0.3) is 0 Å². The maximum Gasteiger partial charge on any atom is 0.229 e. The van der Waals surface area contributed by atoms with Crippen molar-refractivity contribution in [1.82, 2.24) is 4.90 Å². The molecule has 1 aliphatic rings. The van der Waals surface area contributed by atoms with Crippen LogP contribution in [0.5, 0.6) is 0 Å². The molecule has 0 atom stereocenters. The first-order valence-corrected chi connectivity index (χ1v) is 5.69. The molecule has 0 aromatic carbocycles. The summed E-state index contributed by atoms with van der Waals surface area (Å²) in [6.45, 7) is 4.40. The molecule has 15 heavy (non-hydrogen) atoms. The minimum Gasteiger partial charge on any atom is -0.380 e. The van der Waals surface area contributed by atoms with Crippen LogP contribution in [0, 0.1) is 5.41 Å². The van der Waals surface area contributed by atoms with E-state index in [1.54, 1.807) is 4.90 Å². The van der Waals surface area contributed by atoms with Crippen LogP contribution < -0.4 is 5.73 Å². The molecule has 0 unspecified atom stereocenters. The summed E-state index contributed by atoms with van der Waals surface area (Å²) in [4.78, 5) is 13.8. The first-order valence-electron chi connectivity index (χ1n) is 5.69. The number of rotatable bonds is 6. The lowest BCUT2D eigenvalue weighted by atomic mass is 9.68. The summed E-state index contributed by atoms with van der Waals surface area (Å²) < 4.78 is 5.23. The molecule has 88 valence electrons. The van der Waals surface area contributed by atoms with Crippen LogP contribution in [0.1, 0.15) is 26.2 Å². The predicted octanol–water partition coefficient (Wildman–Crippen LogP) is 0.610. The van der Waals surface area contributed by atoms with E-state index in [2.05, 4.69) is 0 Å². The minimum atomic E-state index is -0.249. The van der Waals surface area contributed by atoms with Crippen molar-refractivity contribution in [2.24, 2.45) is 11.1 Å². The molecule has 0 bridgehead atoms. The van der Waals surface area contributed by atoms with Gasteiger partial charge in [0.15, 0.2) is 0 Å². The minimum absolute atomic E-state index is 0.191. The van der Waals surface area contributed by atoms with Crippen LogP contribution in [0.4, 0.5) is 0 Å². The zero-order chi connectivity index (χ0) is 11.3. The molecule has 0 aliphatic heterocycles. The van der Waals surface area contributed by atoms with Gasteiger partial charge in [0.25, 0.3) is 0 Å². The van der Waals surface area contributed by atoms with Gasteiger partial charge in [-0.15, -0.1) is 0 Å². The third kappa shape index (κ3) is 2.69. The normalized spacial score (nSPS) is 18.3. The second-order valence-corrected chi connectivity index (χ2v) is 4.26. The number of nitrogens with two attached hydrogens (primary N) is 1. The number of hydrogen-bond acceptors (Lipinski definition) is 3. The molecule has 0 heterocycles. The maximum absolute atomic E-state index is 12.1. The Bertz CT molecular complexity index is 209. The molecule has 1 amide bonds. The van der Waals surface area contributed by atoms with E-state index in [9.17, 15) is 4.79 Å². The lowest BCUT2D eigenvalue weighted by molar-refractivity contribution is -0.145. The first-order chi connectivity index (χ1) is 7.16. The Morgan fingerprint density at radius 3 is 2.60 bits per heavy atom. The average Bonchev–Trinajstić information content (AvgIpc) is 2.17. The van der Waals surface area contributed by atoms with Crippen LogP contribution in [-0.2, 0) is 9.53 Å². The molecule has 0 aromatic rings. The summed E-state index contributed by atoms with van der Waals surface area (Å²) in [5.41, 5.74) is 5.43. The highest BCUT2D eigenvalue weighted by Gasteiger charge is 2.44. The van der Waals surface area contributed by atoms with Crippen molar-refractivity contribution in [3.8, 4) is 0 Å². The van der Waals surface area contributed by atoms with Crippen molar-refractivity contribution in [3.05, 3.63) is 0 Å². The van der Waals surface area contributed by atoms with Crippen LogP contribution in [0.3, 0.4) is 0 Å². The lowest BCUT2D eigenvalue weighted by Gasteiger charge is -2.41. The highest BCUT2D eigenvalue weighted by atomic mass is 16.5. The Morgan fingerprint density at radius 2 is 2.20 bits per heavy atom. The fourth-order valence-electron chi connectivity index (χ4n) is 1.96. The van der Waals surface area contributed by atoms with Gasteiger partial charge in [0, 0.05) is 26.7 Å². The number of ether oxygens (including phenoxy) is 1. The number of nitrogens with zero attached hydrogens (tertiary/aromatic N) is 1. The number of likely N-dealkylation sites (N-methyl/N-ethyl adjacent to an activating group) is 1. The molecule has 1 aliphatic carbocycles. The third-order valence-electron chi connectivity index (χ3n) is 3.28. The summed E-state index contributed by atoms with van der Waals surface area (Å²) in [7, 11) is 1.83. The van der Waals surface area contributed by atoms with E-state index < -0.39 is 0 Å². The Hall–Kier alpha value is -0.610. The molecular weight excluding hydrogens is 192 g/mol. The maximum atomic E-state index is 12.1. The van der Waals surface area contributed by atoms with E-state index in [1.165, 1.54) is 0 Å². The SMILES string of the molecule is CCOCCN(C)C(=O)C1(CN)CCC1. The molecule has 0 saturated heterocycles. The molecule has 1 saturated carbocycles. The summed E-state index contributed by atoms with van der Waals surface area (Å²) in [6, 6.07) is 0. The van der Waals surface area contributed by atoms with Crippen molar-refractivity contribution < 1.29 is 9.53 Å². The predicted molar refractivity (Wildman–Crippen MR) is 59.5 cm³/mol. The quantitative estimate of drug-likeness (QED) is 0.659. The monoisotopic (exact) mass is 214 g/mol. The van der Waals surface area contributed by atoms with E-state index in [0.29, 0.717) is 26.3 Å². The smallest absolute Gasteiger partial charge is 0.229 e. The molecule has 0 spiro atoms. The van der Waals surface area contributed by atoms with Gasteiger partial charge in [0.1, 0.15) is 0 Å². The molecule has 1 fully saturated rings. The van der Waals surface area contributed by atoms with Gasteiger partial charge >= 0.3 is 0 Å². The Kier molecular flexibility index (Phi) is 4.54. The van der Waals surface area contributed by atoms with Crippen LogP contribution in [-0.4, -0.2) is 44.2 Å². The topological polar surface area (TPSA) is 55.6 Å². The largest absolute Gasteiger partial charge is 0.380 e. The number of amides is 1. The number of carbonyl (C=O) groups excluding carboxylic acids is 1. The second kappa shape index (κ2) is 5.47. The van der Waals surface area contributed by atoms with E-state index in [4.69, 9.17) is 10.5 Å². The zero-order valence-corrected chi connectivity index (χ0v) is 9.79. The molecular formula is C11H22N2O2. The summed E-state index contributed by atoms with van der Waals surface area (Å²) in [6.07, 6.45) is 3.02. The first kappa shape index (κ1) is 12.5. The van der Waals surface area contributed by atoms with Gasteiger partial charge < -0.3 is 15.4 Å². The molecule has 0 radical (unpaired) electrons. The average molecular weight is 214 g/mol. The summed E-state index contributed by atoms with van der Waals surface area (Å²) in [5.74, 6) is 0.191. The van der Waals surface area contributed by atoms with E-state index >= 15 is 0 Å². The van der Waals surface area contributed by atoms with Gasteiger partial charge in [0.2, 0.25) is 5.91 Å². The molecule has 1 rings (SSSR count). The number of carbonyl (C=O) groups is 1. The Balaban J connectivity index is 2.37. The molecule has 4 heteroatoms. The highest BCUT2D eigenvalue weighted by Crippen LogP contribution is 2.41. The second-order valence-electron chi connectivity index (χ2n) is 4.26. The van der Waals surface area contributed by atoms with Gasteiger partial charge in [-0.25, -0.2) is 0 Å². The fraction of sp³-hybridized carbons (Fsp3) is 0.909. The summed E-state index contributed by atoms with van der Waals surface area (Å²) in [5, 5.41) is 0. The molecule has 2 N–H and O–H groups in total. The third-order valence-corrected chi connectivity index (χ3v) is 3.28. The fourth-order valence-corrected chi connectivity index (χ4v) is 1.96. The lowest BCUT2D eigenvalue weighted by Crippen LogP contribution is -2.51. The van der Waals surface area contributed by atoms with E-state index in [0.717, 1.165) is 19.3 Å². The van der Waals surface area contributed by atoms with Crippen molar-refractivity contribution in [1.29, 1.82) is 0 Å². The van der Waals surface area contributed by atoms with Gasteiger partial charge in [-0.2, -0.15) is 0 Å². The van der Waals surface area contributed by atoms with E-state index in [1.807, 2.05) is 14.0 Å². The van der Waals surface area contributed by atoms with Gasteiger partial charge in [-0.05, 0) is 19.8 Å². The van der Waals surface area contributed by atoms with Crippen molar-refractivity contribution in [2.45, 2.75) is 26.2 Å². The standard InChI is InChI=1S/C11H22N2O2/c1-3-15-8-7-13(2)10(14)11(9-12)5-4-6-11/h3-9,12H2,1-2H3. The Morgan fingerprint density at radius 1 is 1.53 bits per heavy atom. The van der Waals surface area contributed by atoms with Crippen LogP contribution in [0.2, 0.25) is 0 Å². The highest BCUT2D eigenvalue weighted by molar-refractivity contribution is 5.83. The van der Waals surface area contributed by atoms with Gasteiger partial charge in [-0.3, -0.25) is 4.79 Å². The van der Waals surface area contributed by atoms with Crippen LogP contribution in [0.15, 0.2) is 0 Å². The van der Waals surface area contributed by atoms with Crippen LogP contribution >= 0.6 is 0 Å². The molecule has 4 nitrogen and oxygen atoms in total. The zero-order valence-electron chi connectivity index (χ0n) is 9.79. The van der Waals surface area contributed by atoms with Crippen molar-refractivity contribution in [2.75, 3.05) is 33.4 Å². The molecule has 0 aromatic heterocycles. The van der Waals surface area contributed by atoms with Crippen molar-refractivity contribution in [3.63, 3.8) is 0 Å². The summed E-state index contributed by atoms with van der Waals surface area (Å²) >= 11 is 0. The van der Waals surface area contributed by atoms with E-state index in [-0.39, 0.29) is 11.3 Å².